The van der Waals surface area contributed by atoms with E-state index in [1.807, 2.05) is 53.4 Å². The van der Waals surface area contributed by atoms with Crippen molar-refractivity contribution in [2.24, 2.45) is 0 Å². The van der Waals surface area contributed by atoms with Crippen molar-refractivity contribution in [1.29, 1.82) is 0 Å². The van der Waals surface area contributed by atoms with Crippen molar-refractivity contribution in [2.45, 2.75) is 26.1 Å². The quantitative estimate of drug-likeness (QED) is 0.587. The van der Waals surface area contributed by atoms with Gasteiger partial charge in [-0.2, -0.15) is 0 Å². The summed E-state index contributed by atoms with van der Waals surface area (Å²) < 4.78 is 6.11. The van der Waals surface area contributed by atoms with Crippen molar-refractivity contribution >= 4 is 11.8 Å². The van der Waals surface area contributed by atoms with Gasteiger partial charge in [0.25, 0.3) is 5.91 Å². The average molecular weight is 459 g/mol. The molecular weight excluding hydrogens is 428 g/mol. The molecule has 1 N–H and O–H groups in total. The van der Waals surface area contributed by atoms with Gasteiger partial charge in [-0.3, -0.25) is 19.5 Å². The molecule has 2 heterocycles. The third-order valence-electron chi connectivity index (χ3n) is 6.11. The van der Waals surface area contributed by atoms with Crippen LogP contribution in [0, 0.1) is 0 Å². The Morgan fingerprint density at radius 1 is 1.09 bits per heavy atom. The van der Waals surface area contributed by atoms with E-state index >= 15 is 0 Å². The summed E-state index contributed by atoms with van der Waals surface area (Å²) in [6, 6.07) is 19.4. The van der Waals surface area contributed by atoms with Gasteiger partial charge in [-0.1, -0.05) is 36.4 Å². The van der Waals surface area contributed by atoms with Crippen LogP contribution in [-0.4, -0.2) is 53.3 Å². The zero-order chi connectivity index (χ0) is 23.9. The van der Waals surface area contributed by atoms with Gasteiger partial charge in [0, 0.05) is 69.2 Å². The Morgan fingerprint density at radius 3 is 2.71 bits per heavy atom. The van der Waals surface area contributed by atoms with E-state index in [-0.39, 0.29) is 17.9 Å². The number of hydrogen-bond acceptors (Lipinski definition) is 5. The number of carbonyl (C=O) groups excluding carboxylic acids is 2. The molecule has 3 aromatic rings. The van der Waals surface area contributed by atoms with Gasteiger partial charge in [0.05, 0.1) is 6.04 Å². The minimum Gasteiger partial charge on any atom is -0.489 e. The first-order valence-electron chi connectivity index (χ1n) is 11.5. The summed E-state index contributed by atoms with van der Waals surface area (Å²) in [5.41, 5.74) is 3.67. The first-order valence-corrected chi connectivity index (χ1v) is 11.5. The van der Waals surface area contributed by atoms with Gasteiger partial charge >= 0.3 is 0 Å². The number of aromatic nitrogens is 1. The Bertz CT molecular complexity index is 1140. The van der Waals surface area contributed by atoms with E-state index in [0.29, 0.717) is 31.8 Å². The molecule has 1 unspecified atom stereocenters. The highest BCUT2D eigenvalue weighted by molar-refractivity contribution is 5.94. The molecule has 7 heteroatoms. The molecule has 176 valence electrons. The standard InChI is InChI=1S/C27H30N4O3/c1-20(32)31-14-13-30(18-25(31)22-9-5-10-23(15-22)27(33)28-2)17-24-8-3-4-11-26(24)34-19-21-7-6-12-29-16-21/h3-12,15-16,25H,13-14,17-19H2,1-2H3,(H,28,33). The summed E-state index contributed by atoms with van der Waals surface area (Å²) in [6.07, 6.45) is 3.56. The monoisotopic (exact) mass is 458 g/mol. The Balaban J connectivity index is 1.51. The van der Waals surface area contributed by atoms with Crippen LogP contribution in [0.1, 0.15) is 40.0 Å². The van der Waals surface area contributed by atoms with Crippen LogP contribution in [0.2, 0.25) is 0 Å². The second-order valence-corrected chi connectivity index (χ2v) is 8.43. The number of para-hydroxylation sites is 1. The molecule has 34 heavy (non-hydrogen) atoms. The normalized spacial score (nSPS) is 16.2. The van der Waals surface area contributed by atoms with E-state index in [0.717, 1.165) is 29.0 Å². The maximum atomic E-state index is 12.4. The molecule has 7 nitrogen and oxygen atoms in total. The molecule has 1 aliphatic rings. The smallest absolute Gasteiger partial charge is 0.251 e. The van der Waals surface area contributed by atoms with Gasteiger partial charge < -0.3 is 15.0 Å². The van der Waals surface area contributed by atoms with E-state index in [2.05, 4.69) is 21.3 Å². The number of rotatable bonds is 7. The van der Waals surface area contributed by atoms with E-state index in [9.17, 15) is 9.59 Å². The number of nitrogens with one attached hydrogen (secondary N) is 1. The SMILES string of the molecule is CNC(=O)c1cccc(C2CN(Cc3ccccc3OCc3cccnc3)CCN2C(C)=O)c1. The van der Waals surface area contributed by atoms with E-state index in [1.165, 1.54) is 0 Å². The van der Waals surface area contributed by atoms with Crippen LogP contribution in [-0.2, 0) is 17.9 Å². The number of nitrogens with zero attached hydrogens (tertiary/aromatic N) is 3. The maximum Gasteiger partial charge on any atom is 0.251 e. The molecular formula is C27H30N4O3. The summed E-state index contributed by atoms with van der Waals surface area (Å²) in [7, 11) is 1.62. The second kappa shape index (κ2) is 10.9. The zero-order valence-corrected chi connectivity index (χ0v) is 19.6. The van der Waals surface area contributed by atoms with Crippen molar-refractivity contribution in [3.05, 3.63) is 95.3 Å². The summed E-state index contributed by atoms with van der Waals surface area (Å²) in [6.45, 7) is 4.84. The van der Waals surface area contributed by atoms with Gasteiger partial charge in [0.2, 0.25) is 5.91 Å². The lowest BCUT2D eigenvalue weighted by Crippen LogP contribution is -2.49. The molecule has 2 amide bonds. The zero-order valence-electron chi connectivity index (χ0n) is 19.6. The van der Waals surface area contributed by atoms with Gasteiger partial charge in [-0.05, 0) is 29.8 Å². The van der Waals surface area contributed by atoms with Crippen molar-refractivity contribution in [3.63, 3.8) is 0 Å². The Kier molecular flexibility index (Phi) is 7.54. The average Bonchev–Trinajstić information content (AvgIpc) is 2.88. The second-order valence-electron chi connectivity index (χ2n) is 8.43. The van der Waals surface area contributed by atoms with E-state index in [1.54, 1.807) is 32.4 Å². The Hall–Kier alpha value is -3.71. The number of hydrogen-bond donors (Lipinski definition) is 1. The molecule has 2 aromatic carbocycles. The largest absolute Gasteiger partial charge is 0.489 e. The van der Waals surface area contributed by atoms with Crippen molar-refractivity contribution in [1.82, 2.24) is 20.1 Å². The highest BCUT2D eigenvalue weighted by Gasteiger charge is 2.30. The molecule has 0 saturated carbocycles. The lowest BCUT2D eigenvalue weighted by Gasteiger charge is -2.41. The third-order valence-corrected chi connectivity index (χ3v) is 6.11. The van der Waals surface area contributed by atoms with Crippen LogP contribution in [0.15, 0.2) is 73.1 Å². The van der Waals surface area contributed by atoms with Crippen LogP contribution in [0.4, 0.5) is 0 Å². The van der Waals surface area contributed by atoms with Gasteiger partial charge in [-0.15, -0.1) is 0 Å². The summed E-state index contributed by atoms with van der Waals surface area (Å²) >= 11 is 0. The molecule has 0 radical (unpaired) electrons. The van der Waals surface area contributed by atoms with Crippen LogP contribution in [0.25, 0.3) is 0 Å². The number of ether oxygens (including phenoxy) is 1. The first kappa shape index (κ1) is 23.4. The third kappa shape index (κ3) is 5.61. The molecule has 1 atom stereocenters. The van der Waals surface area contributed by atoms with Gasteiger partial charge in [0.15, 0.2) is 0 Å². The summed E-state index contributed by atoms with van der Waals surface area (Å²) in [5, 5.41) is 2.67. The van der Waals surface area contributed by atoms with Crippen LogP contribution >= 0.6 is 0 Å². The summed E-state index contributed by atoms with van der Waals surface area (Å²) in [4.78, 5) is 32.9. The minimum atomic E-state index is -0.136. The van der Waals surface area contributed by atoms with Gasteiger partial charge in [-0.25, -0.2) is 0 Å². The van der Waals surface area contributed by atoms with E-state index in [4.69, 9.17) is 4.74 Å². The first-order chi connectivity index (χ1) is 16.5. The molecule has 1 fully saturated rings. The molecule has 1 saturated heterocycles. The lowest BCUT2D eigenvalue weighted by atomic mass is 9.99. The van der Waals surface area contributed by atoms with Crippen molar-refractivity contribution in [2.75, 3.05) is 26.7 Å². The lowest BCUT2D eigenvalue weighted by molar-refractivity contribution is -0.134. The fourth-order valence-corrected chi connectivity index (χ4v) is 4.34. The molecule has 0 spiro atoms. The number of amides is 2. The highest BCUT2D eigenvalue weighted by Crippen LogP contribution is 2.29. The highest BCUT2D eigenvalue weighted by atomic mass is 16.5. The fourth-order valence-electron chi connectivity index (χ4n) is 4.34. The molecule has 0 aliphatic carbocycles. The topological polar surface area (TPSA) is 74.8 Å². The molecule has 0 bridgehead atoms. The summed E-state index contributed by atoms with van der Waals surface area (Å²) in [5.74, 6) is 0.747. The van der Waals surface area contributed by atoms with Crippen molar-refractivity contribution < 1.29 is 14.3 Å². The van der Waals surface area contributed by atoms with Crippen LogP contribution < -0.4 is 10.1 Å². The molecule has 4 rings (SSSR count). The van der Waals surface area contributed by atoms with Crippen LogP contribution in [0.5, 0.6) is 5.75 Å². The molecule has 1 aliphatic heterocycles. The van der Waals surface area contributed by atoms with Crippen LogP contribution in [0.3, 0.4) is 0 Å². The van der Waals surface area contributed by atoms with E-state index < -0.39 is 0 Å². The van der Waals surface area contributed by atoms with Crippen molar-refractivity contribution in [3.8, 4) is 5.75 Å². The fraction of sp³-hybridized carbons (Fsp3) is 0.296. The number of piperazine rings is 1. The van der Waals surface area contributed by atoms with Gasteiger partial charge in [0.1, 0.15) is 12.4 Å². The minimum absolute atomic E-state index is 0.0372. The number of benzene rings is 2. The predicted molar refractivity (Wildman–Crippen MR) is 130 cm³/mol. The Labute approximate surface area is 200 Å². The number of carbonyl (C=O) groups is 2. The predicted octanol–water partition coefficient (Wildman–Crippen LogP) is 3.43. The molecule has 1 aromatic heterocycles. The Morgan fingerprint density at radius 2 is 1.94 bits per heavy atom. The maximum absolute atomic E-state index is 12.4. The number of pyridine rings is 1.